The second-order valence-electron chi connectivity index (χ2n) is 5.87. The number of carbonyl (C=O) groups excluding carboxylic acids is 2. The number of hydrogen-bond acceptors (Lipinski definition) is 2. The van der Waals surface area contributed by atoms with Gasteiger partial charge in [-0.25, -0.2) is 0 Å². The minimum Gasteiger partial charge on any atom is -0.356 e. The number of carbonyl (C=O) groups is 2. The summed E-state index contributed by atoms with van der Waals surface area (Å²) in [6.45, 7) is 4.49. The maximum Gasteiger partial charge on any atom is 0.225 e. The van der Waals surface area contributed by atoms with Crippen molar-refractivity contribution in [2.45, 2.75) is 51.9 Å². The zero-order valence-corrected chi connectivity index (χ0v) is 12.0. The van der Waals surface area contributed by atoms with E-state index in [1.165, 1.54) is 12.8 Å². The highest BCUT2D eigenvalue weighted by atomic mass is 16.2. The van der Waals surface area contributed by atoms with Crippen LogP contribution in [0.4, 0.5) is 0 Å². The predicted octanol–water partition coefficient (Wildman–Crippen LogP) is 1.94. The lowest BCUT2D eigenvalue weighted by Gasteiger charge is -2.31. The molecule has 1 saturated heterocycles. The van der Waals surface area contributed by atoms with Crippen molar-refractivity contribution in [3.05, 3.63) is 0 Å². The third kappa shape index (κ3) is 4.22. The summed E-state index contributed by atoms with van der Waals surface area (Å²) in [6, 6.07) is 0. The molecule has 108 valence electrons. The fourth-order valence-electron chi connectivity index (χ4n) is 2.68. The molecule has 1 N–H and O–H groups in total. The number of rotatable bonds is 6. The van der Waals surface area contributed by atoms with Gasteiger partial charge < -0.3 is 10.2 Å². The van der Waals surface area contributed by atoms with E-state index in [2.05, 4.69) is 12.2 Å². The minimum absolute atomic E-state index is 0.116. The van der Waals surface area contributed by atoms with Crippen molar-refractivity contribution in [3.63, 3.8) is 0 Å². The fraction of sp³-hybridized carbons (Fsp3) is 0.867. The molecule has 19 heavy (non-hydrogen) atoms. The summed E-state index contributed by atoms with van der Waals surface area (Å²) in [4.78, 5) is 25.8. The van der Waals surface area contributed by atoms with Crippen LogP contribution in [0, 0.1) is 11.8 Å². The first-order valence-corrected chi connectivity index (χ1v) is 7.79. The molecule has 0 atom stereocenters. The van der Waals surface area contributed by atoms with Gasteiger partial charge in [0.25, 0.3) is 0 Å². The van der Waals surface area contributed by atoms with E-state index in [4.69, 9.17) is 0 Å². The molecule has 2 amide bonds. The van der Waals surface area contributed by atoms with Gasteiger partial charge in [0.1, 0.15) is 0 Å². The van der Waals surface area contributed by atoms with Crippen molar-refractivity contribution < 1.29 is 9.59 Å². The molecule has 2 fully saturated rings. The predicted molar refractivity (Wildman–Crippen MR) is 74.6 cm³/mol. The van der Waals surface area contributed by atoms with E-state index in [1.54, 1.807) is 0 Å². The lowest BCUT2D eigenvalue weighted by Crippen LogP contribution is -2.43. The highest BCUT2D eigenvalue weighted by molar-refractivity contribution is 5.82. The van der Waals surface area contributed by atoms with Crippen molar-refractivity contribution in [1.29, 1.82) is 0 Å². The Hall–Kier alpha value is -1.06. The minimum atomic E-state index is 0.116. The molecule has 1 aliphatic carbocycles. The summed E-state index contributed by atoms with van der Waals surface area (Å²) >= 11 is 0. The van der Waals surface area contributed by atoms with Crippen molar-refractivity contribution in [2.75, 3.05) is 19.6 Å². The van der Waals surface area contributed by atoms with E-state index < -0.39 is 0 Å². The van der Waals surface area contributed by atoms with Gasteiger partial charge in [0.05, 0.1) is 0 Å². The summed E-state index contributed by atoms with van der Waals surface area (Å²) in [5.41, 5.74) is 0. The van der Waals surface area contributed by atoms with Gasteiger partial charge in [-0.3, -0.25) is 9.59 Å². The number of hydrogen-bond donors (Lipinski definition) is 1. The van der Waals surface area contributed by atoms with Crippen LogP contribution in [0.25, 0.3) is 0 Å². The molecule has 4 nitrogen and oxygen atoms in total. The number of likely N-dealkylation sites (tertiary alicyclic amines) is 1. The van der Waals surface area contributed by atoms with Crippen LogP contribution in [0.5, 0.6) is 0 Å². The summed E-state index contributed by atoms with van der Waals surface area (Å²) < 4.78 is 0. The summed E-state index contributed by atoms with van der Waals surface area (Å²) in [6.07, 6.45) is 7.22. The molecule has 0 unspecified atom stereocenters. The third-order valence-corrected chi connectivity index (χ3v) is 4.18. The SMILES string of the molecule is CCCCCNC(=O)C1CCN(C(=O)C2CC2)CC1. The number of unbranched alkanes of at least 4 members (excludes halogenated alkanes) is 2. The van der Waals surface area contributed by atoms with E-state index in [0.717, 1.165) is 51.7 Å². The van der Waals surface area contributed by atoms with Gasteiger partial charge in [0.2, 0.25) is 11.8 Å². The number of amides is 2. The van der Waals surface area contributed by atoms with Crippen LogP contribution in [-0.4, -0.2) is 36.3 Å². The van der Waals surface area contributed by atoms with Crippen molar-refractivity contribution in [3.8, 4) is 0 Å². The highest BCUT2D eigenvalue weighted by Crippen LogP contribution is 2.32. The summed E-state index contributed by atoms with van der Waals surface area (Å²) in [5, 5.41) is 3.02. The topological polar surface area (TPSA) is 49.4 Å². The van der Waals surface area contributed by atoms with E-state index in [9.17, 15) is 9.59 Å². The van der Waals surface area contributed by atoms with Crippen LogP contribution in [0.1, 0.15) is 51.9 Å². The lowest BCUT2D eigenvalue weighted by molar-refractivity contribution is -0.136. The molecule has 1 aliphatic heterocycles. The molecule has 4 heteroatoms. The zero-order valence-electron chi connectivity index (χ0n) is 12.0. The Morgan fingerprint density at radius 1 is 1.05 bits per heavy atom. The number of piperidine rings is 1. The smallest absolute Gasteiger partial charge is 0.225 e. The summed E-state index contributed by atoms with van der Waals surface area (Å²) in [7, 11) is 0. The number of nitrogens with zero attached hydrogens (tertiary/aromatic N) is 1. The molecule has 2 rings (SSSR count). The van der Waals surface area contributed by atoms with Gasteiger partial charge in [-0.05, 0) is 32.1 Å². The monoisotopic (exact) mass is 266 g/mol. The van der Waals surface area contributed by atoms with Crippen LogP contribution in [-0.2, 0) is 9.59 Å². The van der Waals surface area contributed by atoms with Crippen molar-refractivity contribution in [2.24, 2.45) is 11.8 Å². The average Bonchev–Trinajstić information content (AvgIpc) is 3.27. The van der Waals surface area contributed by atoms with Crippen molar-refractivity contribution in [1.82, 2.24) is 10.2 Å². The molecule has 0 bridgehead atoms. The van der Waals surface area contributed by atoms with Crippen LogP contribution in [0.3, 0.4) is 0 Å². The summed E-state index contributed by atoms with van der Waals surface area (Å²) in [5.74, 6) is 0.931. The largest absolute Gasteiger partial charge is 0.356 e. The highest BCUT2D eigenvalue weighted by Gasteiger charge is 2.35. The van der Waals surface area contributed by atoms with Crippen molar-refractivity contribution >= 4 is 11.8 Å². The van der Waals surface area contributed by atoms with Gasteiger partial charge in [-0.15, -0.1) is 0 Å². The van der Waals surface area contributed by atoms with Gasteiger partial charge in [-0.2, -0.15) is 0 Å². The molecule has 0 spiro atoms. The second kappa shape index (κ2) is 6.92. The van der Waals surface area contributed by atoms with E-state index in [1.807, 2.05) is 4.90 Å². The Kier molecular flexibility index (Phi) is 5.23. The van der Waals surface area contributed by atoms with Gasteiger partial charge in [-0.1, -0.05) is 19.8 Å². The first-order chi connectivity index (χ1) is 9.22. The average molecular weight is 266 g/mol. The maximum atomic E-state index is 12.0. The molecule has 0 aromatic carbocycles. The Labute approximate surface area is 115 Å². The molecule has 0 radical (unpaired) electrons. The first kappa shape index (κ1) is 14.4. The van der Waals surface area contributed by atoms with E-state index >= 15 is 0 Å². The molecule has 0 aromatic heterocycles. The second-order valence-corrected chi connectivity index (χ2v) is 5.87. The van der Waals surface area contributed by atoms with Gasteiger partial charge >= 0.3 is 0 Å². The molecular weight excluding hydrogens is 240 g/mol. The standard InChI is InChI=1S/C15H26N2O2/c1-2-3-4-9-16-14(18)12-7-10-17(11-8-12)15(19)13-5-6-13/h12-13H,2-11H2,1H3,(H,16,18). The Morgan fingerprint density at radius 3 is 2.32 bits per heavy atom. The Bertz CT molecular complexity index is 318. The zero-order chi connectivity index (χ0) is 13.7. The Morgan fingerprint density at radius 2 is 1.74 bits per heavy atom. The lowest BCUT2D eigenvalue weighted by atomic mass is 9.95. The van der Waals surface area contributed by atoms with Crippen LogP contribution in [0.15, 0.2) is 0 Å². The molecule has 0 aromatic rings. The first-order valence-electron chi connectivity index (χ1n) is 7.79. The number of nitrogens with one attached hydrogen (secondary N) is 1. The molecule has 1 heterocycles. The van der Waals surface area contributed by atoms with E-state index in [-0.39, 0.29) is 11.8 Å². The van der Waals surface area contributed by atoms with Gasteiger partial charge in [0.15, 0.2) is 0 Å². The van der Waals surface area contributed by atoms with Crippen LogP contribution in [0.2, 0.25) is 0 Å². The van der Waals surface area contributed by atoms with Crippen LogP contribution < -0.4 is 5.32 Å². The third-order valence-electron chi connectivity index (χ3n) is 4.18. The van der Waals surface area contributed by atoms with E-state index in [0.29, 0.717) is 11.8 Å². The maximum absolute atomic E-state index is 12.0. The van der Waals surface area contributed by atoms with Crippen LogP contribution >= 0.6 is 0 Å². The Balaban J connectivity index is 1.64. The molecule has 2 aliphatic rings. The molecular formula is C15H26N2O2. The fourth-order valence-corrected chi connectivity index (χ4v) is 2.68. The normalized spacial score (nSPS) is 20.4. The quantitative estimate of drug-likeness (QED) is 0.747. The molecule has 1 saturated carbocycles. The van der Waals surface area contributed by atoms with Gasteiger partial charge in [0, 0.05) is 31.5 Å².